The van der Waals surface area contributed by atoms with Crippen molar-refractivity contribution in [3.05, 3.63) is 42.6 Å². The fourth-order valence-electron chi connectivity index (χ4n) is 4.08. The number of nitrogens with one attached hydrogen (secondary N) is 2. The summed E-state index contributed by atoms with van der Waals surface area (Å²) in [6, 6.07) is 11.3. The monoisotopic (exact) mass is 471 g/mol. The molecular formula is C23H30ClN7O2. The maximum atomic E-state index is 12.0. The number of carbonyl (C=O) groups excluding carboxylic acids is 2. The van der Waals surface area contributed by atoms with E-state index >= 15 is 0 Å². The summed E-state index contributed by atoms with van der Waals surface area (Å²) in [5.74, 6) is 1.55. The molecule has 1 aliphatic heterocycles. The molecule has 0 bridgehead atoms. The van der Waals surface area contributed by atoms with Crippen LogP contribution in [0.2, 0.25) is 0 Å². The lowest BCUT2D eigenvalue weighted by Gasteiger charge is -2.41. The molecule has 1 aromatic carbocycles. The zero-order valence-electron chi connectivity index (χ0n) is 18.8. The van der Waals surface area contributed by atoms with Crippen LogP contribution < -0.4 is 25.8 Å². The SMILES string of the molecule is CCN(C)c1cccnc1N1CCN(c2cc3cc(NC(=O)CN)ccc3[nH]2)C(C=O)C1.Cl. The molecule has 3 aromatic rings. The van der Waals surface area contributed by atoms with E-state index in [2.05, 4.69) is 43.0 Å². The van der Waals surface area contributed by atoms with Crippen LogP contribution >= 0.6 is 12.4 Å². The molecule has 1 fully saturated rings. The second-order valence-corrected chi connectivity index (χ2v) is 7.91. The van der Waals surface area contributed by atoms with Gasteiger partial charge in [0.05, 0.1) is 12.2 Å². The van der Waals surface area contributed by atoms with Crippen molar-refractivity contribution in [3.8, 4) is 0 Å². The van der Waals surface area contributed by atoms with Crippen molar-refractivity contribution in [2.75, 3.05) is 59.8 Å². The number of nitrogens with two attached hydrogens (primary N) is 1. The number of pyridine rings is 1. The van der Waals surface area contributed by atoms with Crippen molar-refractivity contribution >= 4 is 58.5 Å². The Hall–Kier alpha value is -3.30. The average Bonchev–Trinajstić information content (AvgIpc) is 3.26. The molecule has 0 spiro atoms. The third kappa shape index (κ3) is 5.04. The predicted molar refractivity (Wildman–Crippen MR) is 136 cm³/mol. The number of halogens is 1. The normalized spacial score (nSPS) is 15.8. The lowest BCUT2D eigenvalue weighted by Crippen LogP contribution is -2.54. The standard InChI is InChI=1S/C23H29N7O2.ClH/c1-3-28(2)20-5-4-8-25-23(20)29-9-10-30(18(14-29)15-31)21-12-16-11-17(26-22(32)13-24)6-7-19(16)27-21;/h4-8,11-12,15,18,27H,3,9-10,13-14,24H2,1-2H3,(H,26,32);1H. The molecule has 2 aromatic heterocycles. The number of rotatable bonds is 7. The molecule has 4 N–H and O–H groups in total. The average molecular weight is 472 g/mol. The number of aromatic amines is 1. The van der Waals surface area contributed by atoms with E-state index in [0.717, 1.165) is 47.6 Å². The van der Waals surface area contributed by atoms with Gasteiger partial charge in [0.2, 0.25) is 5.91 Å². The number of anilines is 4. The lowest BCUT2D eigenvalue weighted by atomic mass is 10.1. The number of hydrogen-bond acceptors (Lipinski definition) is 7. The topological polar surface area (TPSA) is 111 Å². The molecule has 1 aliphatic rings. The third-order valence-electron chi connectivity index (χ3n) is 5.91. The minimum Gasteiger partial charge on any atom is -0.372 e. The molecule has 9 nitrogen and oxygen atoms in total. The first-order valence-corrected chi connectivity index (χ1v) is 10.8. The van der Waals surface area contributed by atoms with E-state index in [-0.39, 0.29) is 30.9 Å². The molecule has 4 rings (SSSR count). The minimum atomic E-state index is -0.310. The summed E-state index contributed by atoms with van der Waals surface area (Å²) in [5.41, 5.74) is 8.08. The van der Waals surface area contributed by atoms with E-state index in [0.29, 0.717) is 18.8 Å². The quantitative estimate of drug-likeness (QED) is 0.453. The summed E-state index contributed by atoms with van der Waals surface area (Å²) in [6.45, 7) is 4.90. The maximum Gasteiger partial charge on any atom is 0.238 e. The maximum absolute atomic E-state index is 12.0. The van der Waals surface area contributed by atoms with Gasteiger partial charge < -0.3 is 35.5 Å². The highest BCUT2D eigenvalue weighted by Crippen LogP contribution is 2.31. The Morgan fingerprint density at radius 3 is 2.88 bits per heavy atom. The molecule has 0 saturated carbocycles. The van der Waals surface area contributed by atoms with Gasteiger partial charge in [-0.2, -0.15) is 0 Å². The zero-order chi connectivity index (χ0) is 22.7. The van der Waals surface area contributed by atoms with Crippen LogP contribution in [0.4, 0.5) is 23.0 Å². The number of carbonyl (C=O) groups is 2. The number of benzene rings is 1. The van der Waals surface area contributed by atoms with Crippen LogP contribution in [0.15, 0.2) is 42.6 Å². The number of aldehydes is 1. The Labute approximate surface area is 199 Å². The van der Waals surface area contributed by atoms with Crippen molar-refractivity contribution in [1.29, 1.82) is 0 Å². The molecule has 1 atom stereocenters. The number of amides is 1. The first-order valence-electron chi connectivity index (χ1n) is 10.8. The number of H-pyrrole nitrogens is 1. The first kappa shape index (κ1) is 24.3. The molecule has 3 heterocycles. The third-order valence-corrected chi connectivity index (χ3v) is 5.91. The van der Waals surface area contributed by atoms with Gasteiger partial charge in [0.15, 0.2) is 5.82 Å². The number of fused-ring (bicyclic) bond motifs is 1. The Morgan fingerprint density at radius 1 is 1.33 bits per heavy atom. The van der Waals surface area contributed by atoms with Gasteiger partial charge >= 0.3 is 0 Å². The number of piperazine rings is 1. The largest absolute Gasteiger partial charge is 0.372 e. The molecule has 10 heteroatoms. The molecule has 1 amide bonds. The summed E-state index contributed by atoms with van der Waals surface area (Å²) in [5, 5.41) is 3.73. The second kappa shape index (κ2) is 10.5. The van der Waals surface area contributed by atoms with Crippen molar-refractivity contribution in [2.24, 2.45) is 5.73 Å². The van der Waals surface area contributed by atoms with Gasteiger partial charge in [-0.3, -0.25) is 4.79 Å². The minimum absolute atomic E-state index is 0. The van der Waals surface area contributed by atoms with Gasteiger partial charge in [0.1, 0.15) is 18.1 Å². The highest BCUT2D eigenvalue weighted by atomic mass is 35.5. The van der Waals surface area contributed by atoms with Crippen molar-refractivity contribution in [3.63, 3.8) is 0 Å². The summed E-state index contributed by atoms with van der Waals surface area (Å²) < 4.78 is 0. The zero-order valence-corrected chi connectivity index (χ0v) is 19.6. The van der Waals surface area contributed by atoms with E-state index in [1.54, 1.807) is 6.20 Å². The number of hydrogen-bond donors (Lipinski definition) is 3. The van der Waals surface area contributed by atoms with Gasteiger partial charge in [0.25, 0.3) is 0 Å². The van der Waals surface area contributed by atoms with E-state index in [4.69, 9.17) is 5.73 Å². The van der Waals surface area contributed by atoms with Gasteiger partial charge in [-0.25, -0.2) is 4.98 Å². The summed E-state index contributed by atoms with van der Waals surface area (Å²) >= 11 is 0. The van der Waals surface area contributed by atoms with Crippen molar-refractivity contribution < 1.29 is 9.59 Å². The fourth-order valence-corrected chi connectivity index (χ4v) is 4.08. The summed E-state index contributed by atoms with van der Waals surface area (Å²) in [7, 11) is 2.04. The molecule has 1 unspecified atom stereocenters. The van der Waals surface area contributed by atoms with Gasteiger partial charge in [-0.15, -0.1) is 12.4 Å². The lowest BCUT2D eigenvalue weighted by molar-refractivity contribution is -0.115. The highest BCUT2D eigenvalue weighted by Gasteiger charge is 2.30. The van der Waals surface area contributed by atoms with Crippen LogP contribution in [0.3, 0.4) is 0 Å². The Balaban J connectivity index is 0.00000306. The van der Waals surface area contributed by atoms with E-state index in [1.165, 1.54) is 0 Å². The fraction of sp³-hybridized carbons (Fsp3) is 0.348. The van der Waals surface area contributed by atoms with Gasteiger partial charge in [-0.05, 0) is 43.3 Å². The second-order valence-electron chi connectivity index (χ2n) is 7.91. The smallest absolute Gasteiger partial charge is 0.238 e. The van der Waals surface area contributed by atoms with Crippen LogP contribution in [-0.2, 0) is 9.59 Å². The van der Waals surface area contributed by atoms with E-state index < -0.39 is 0 Å². The number of nitrogens with zero attached hydrogens (tertiary/aromatic N) is 4. The van der Waals surface area contributed by atoms with E-state index in [1.807, 2.05) is 37.4 Å². The molecule has 1 saturated heterocycles. The van der Waals surface area contributed by atoms with Crippen molar-refractivity contribution in [1.82, 2.24) is 9.97 Å². The molecular weight excluding hydrogens is 442 g/mol. The molecule has 0 radical (unpaired) electrons. The van der Waals surface area contributed by atoms with Crippen LogP contribution in [0.5, 0.6) is 0 Å². The first-order chi connectivity index (χ1) is 15.5. The van der Waals surface area contributed by atoms with Crippen molar-refractivity contribution in [2.45, 2.75) is 13.0 Å². The van der Waals surface area contributed by atoms with Gasteiger partial charge in [-0.1, -0.05) is 0 Å². The van der Waals surface area contributed by atoms with Crippen LogP contribution in [0, 0.1) is 0 Å². The molecule has 0 aliphatic carbocycles. The molecule has 176 valence electrons. The summed E-state index contributed by atoms with van der Waals surface area (Å²) in [4.78, 5) is 38.1. The number of aromatic nitrogens is 2. The van der Waals surface area contributed by atoms with Crippen LogP contribution in [-0.4, -0.2) is 68.0 Å². The van der Waals surface area contributed by atoms with Crippen LogP contribution in [0.1, 0.15) is 6.92 Å². The van der Waals surface area contributed by atoms with Crippen LogP contribution in [0.25, 0.3) is 10.9 Å². The summed E-state index contributed by atoms with van der Waals surface area (Å²) in [6.07, 6.45) is 2.79. The Bertz CT molecular complexity index is 1120. The molecule has 33 heavy (non-hydrogen) atoms. The van der Waals surface area contributed by atoms with Gasteiger partial charge in [0, 0.05) is 56.0 Å². The Morgan fingerprint density at radius 2 is 2.15 bits per heavy atom. The predicted octanol–water partition coefficient (Wildman–Crippen LogP) is 2.23. The van der Waals surface area contributed by atoms with E-state index in [9.17, 15) is 9.59 Å². The Kier molecular flexibility index (Phi) is 7.78. The highest BCUT2D eigenvalue weighted by molar-refractivity contribution is 5.95.